The molecule has 508 valence electrons. The number of aliphatic hydroxyl groups is 2. The summed E-state index contributed by atoms with van der Waals surface area (Å²) in [5.41, 5.74) is 36.9. The van der Waals surface area contributed by atoms with Crippen LogP contribution >= 0.6 is 7.82 Å². The van der Waals surface area contributed by atoms with Gasteiger partial charge in [-0.3, -0.25) is 53.1 Å². The number of aliphatic imine (C=N–C) groups is 3. The Bertz CT molecular complexity index is 3600. The van der Waals surface area contributed by atoms with Gasteiger partial charge in [0.05, 0.1) is 23.9 Å². The molecule has 0 aliphatic carbocycles. The zero-order chi connectivity index (χ0) is 68.7. The van der Waals surface area contributed by atoms with Crippen LogP contribution in [0.15, 0.2) is 67.8 Å². The number of benzene rings is 1. The Morgan fingerprint density at radius 1 is 0.817 bits per heavy atom. The van der Waals surface area contributed by atoms with Crippen LogP contribution in [0.25, 0.3) is 16.4 Å². The van der Waals surface area contributed by atoms with Crippen molar-refractivity contribution in [1.82, 2.24) is 10.3 Å². The second-order valence-corrected chi connectivity index (χ2v) is 28.4. The molecular formula is C63H89CoN14O14P+. The largest absolute Gasteiger partial charge is 3.00 e. The summed E-state index contributed by atoms with van der Waals surface area (Å²) in [5, 5.41) is 36.4. The Morgan fingerprint density at radius 3 is 1.97 bits per heavy atom. The Morgan fingerprint density at radius 2 is 1.40 bits per heavy atom. The molecule has 2 fully saturated rings. The van der Waals surface area contributed by atoms with Gasteiger partial charge in [-0.2, -0.15) is 10.3 Å². The normalized spacial score (nSPS) is 31.0. The number of aryl methyl sites for hydroxylation is 2. The number of phosphoric ester groups is 1. The number of imidazole rings is 1. The second-order valence-electron chi connectivity index (χ2n) is 27.0. The van der Waals surface area contributed by atoms with E-state index in [-0.39, 0.29) is 94.0 Å². The molecule has 7 amide bonds. The number of hydrogen-bond acceptors (Lipinski definition) is 18. The third-order valence-electron chi connectivity index (χ3n) is 20.5. The van der Waals surface area contributed by atoms with Gasteiger partial charge in [0.25, 0.3) is 7.82 Å². The van der Waals surface area contributed by atoms with E-state index in [0.717, 1.165) is 16.6 Å². The second kappa shape index (κ2) is 28.5. The topological polar surface area (TPSA) is 491 Å². The van der Waals surface area contributed by atoms with E-state index in [4.69, 9.17) is 80.3 Å². The number of H-pyrrole nitrogens is 1. The average Bonchev–Trinajstić information content (AvgIpc) is 1.53. The Kier molecular flexibility index (Phi) is 23.0. The number of aliphatic hydroxyl groups excluding tert-OH is 2. The van der Waals surface area contributed by atoms with E-state index in [1.165, 1.54) is 6.92 Å². The summed E-state index contributed by atoms with van der Waals surface area (Å²) in [4.78, 5) is 127. The maximum atomic E-state index is 14.4. The van der Waals surface area contributed by atoms with E-state index < -0.39 is 143 Å². The summed E-state index contributed by atoms with van der Waals surface area (Å²) in [5.74, 6) is -7.39. The number of phosphoric acid groups is 1. The molecule has 6 aliphatic rings. The van der Waals surface area contributed by atoms with Crippen molar-refractivity contribution in [3.05, 3.63) is 75.8 Å². The summed E-state index contributed by atoms with van der Waals surface area (Å²) < 4.78 is 32.0. The molecule has 0 saturated carbocycles. The minimum absolute atomic E-state index is 0. The van der Waals surface area contributed by atoms with E-state index in [1.54, 1.807) is 17.8 Å². The minimum Gasteiger partial charge on any atom is -0.756 e. The van der Waals surface area contributed by atoms with Gasteiger partial charge in [-0.15, -0.1) is 0 Å². The van der Waals surface area contributed by atoms with Gasteiger partial charge < -0.3 is 85.8 Å². The zero-order valence-electron chi connectivity index (χ0n) is 54.5. The summed E-state index contributed by atoms with van der Waals surface area (Å²) in [6.45, 7) is 23.8. The monoisotopic (exact) mass is 1350 g/mol. The standard InChI is InChI=1S/C62H90N13O14P.CN.Co/c1-29-20-39-40(21-30(29)2)75(28-70-39)57-52(84)53(41(27-76)87-57)89-90(85,86)88-31(3)26-69-49(83)18-19-59(8)37(22-46(66)80)56-62(11)61(10,25-48(68)82)36(14-17-45(65)79)51(74-62)33(5)55-60(9,24-47(67)81)34(12-15-43(63)77)38(71-55)23-42-58(6,7)35(13-16-44(64)78)50(72-42)32(4)54(59)73-56;1-2;/h20-21,23,28,31,34-37,41,52-53,56-57,76,84H,12-19,22,24-27H2,1-11H3,(H15,63,64,65,66,67,68,69,71,72,73,74,77,78,79,80,81,82,83,85,86);;/q;-1;+3/p-1/t31-,34-,35-,36-,37+,41-,52-,53-,56?,57+,59-,60+,61+,62+;;/m1../s1/i;;1-2. The number of aromatic nitrogens is 2. The predicted octanol–water partition coefficient (Wildman–Crippen LogP) is 2.83. The number of hydrogen-bond donors (Lipinski definition) is 10. The van der Waals surface area contributed by atoms with Gasteiger partial charge in [0.15, 0.2) is 11.0 Å². The van der Waals surface area contributed by atoms with Gasteiger partial charge in [0.2, 0.25) is 53.9 Å². The Hall–Kier alpha value is -7.00. The first-order chi connectivity index (χ1) is 42.8. The van der Waals surface area contributed by atoms with Crippen LogP contribution in [0.4, 0.5) is 0 Å². The molecule has 0 radical (unpaired) electrons. The predicted molar refractivity (Wildman–Crippen MR) is 335 cm³/mol. The van der Waals surface area contributed by atoms with Crippen LogP contribution in [0, 0.1) is 71.0 Å². The summed E-state index contributed by atoms with van der Waals surface area (Å²) in [6.07, 6.45) is -4.56. The number of carbonyl (C=O) groups excluding carboxylic acids is 7. The molecule has 6 aliphatic heterocycles. The maximum Gasteiger partial charge on any atom is 3.00 e. The summed E-state index contributed by atoms with van der Waals surface area (Å²) in [6, 6.07) is 2.74. The van der Waals surface area contributed by atoms with Crippen molar-refractivity contribution in [2.24, 2.45) is 94.7 Å². The molecular weight excluding hydrogens is 1260 g/mol. The van der Waals surface area contributed by atoms with E-state index in [9.17, 15) is 53.2 Å². The first-order valence-corrected chi connectivity index (χ1v) is 32.2. The summed E-state index contributed by atoms with van der Waals surface area (Å²) in [7, 11) is -5.31. The van der Waals surface area contributed by atoms with Crippen LogP contribution in [-0.2, 0) is 68.7 Å². The number of nitrogens with two attached hydrogens (primary N) is 6. The number of aromatic amines is 1. The van der Waals surface area contributed by atoms with E-state index in [1.807, 2.05) is 80.5 Å². The number of primary amides is 6. The molecule has 2 aromatic rings. The fraction of sp³-hybridized carbons (Fsp3) is 0.619. The van der Waals surface area contributed by atoms with Crippen molar-refractivity contribution in [3.8, 4) is 0 Å². The van der Waals surface area contributed by atoms with Crippen LogP contribution in [0.3, 0.4) is 0 Å². The third kappa shape index (κ3) is 14.6. The van der Waals surface area contributed by atoms with E-state index >= 15 is 0 Å². The van der Waals surface area contributed by atoms with Gasteiger partial charge in [-0.1, -0.05) is 40.7 Å². The molecule has 7 heterocycles. The maximum absolute atomic E-state index is 14.4. The molecule has 93 heavy (non-hydrogen) atoms. The number of amides is 7. The van der Waals surface area contributed by atoms with Crippen molar-refractivity contribution in [3.63, 3.8) is 0 Å². The number of carbonyl (C=O) groups is 7. The van der Waals surface area contributed by atoms with Gasteiger partial charge in [-0.25, -0.2) is 4.98 Å². The van der Waals surface area contributed by atoms with Crippen LogP contribution in [-0.4, -0.2) is 123 Å². The van der Waals surface area contributed by atoms with Gasteiger partial charge in [0, 0.05) is 108 Å². The molecule has 0 spiro atoms. The van der Waals surface area contributed by atoms with Crippen LogP contribution in [0.5, 0.6) is 0 Å². The molecule has 16 N–H and O–H groups in total. The molecule has 1 aromatic carbocycles. The number of nitrogens with one attached hydrogen (secondary N) is 2. The van der Waals surface area contributed by atoms with Crippen molar-refractivity contribution < 1.29 is 88.4 Å². The molecule has 15 atom stereocenters. The smallest absolute Gasteiger partial charge is 0.756 e. The van der Waals surface area contributed by atoms with Gasteiger partial charge >= 0.3 is 16.8 Å². The minimum atomic E-state index is -5.31. The van der Waals surface area contributed by atoms with E-state index in [0.29, 0.717) is 50.9 Å². The van der Waals surface area contributed by atoms with E-state index in [2.05, 4.69) is 10.3 Å². The quantitative estimate of drug-likeness (QED) is 0.0368. The van der Waals surface area contributed by atoms with Gasteiger partial charge in [-0.05, 0) is 119 Å². The average molecular weight is 1350 g/mol. The molecule has 28 nitrogen and oxygen atoms in total. The molecule has 8 bridgehead atoms. The van der Waals surface area contributed by atoms with Crippen LogP contribution < -0.4 is 49.2 Å². The zero-order valence-corrected chi connectivity index (χ0v) is 56.4. The molecule has 2 unspecified atom stereocenters. The van der Waals surface area contributed by atoms with Gasteiger partial charge in [0.1, 0.15) is 18.3 Å². The fourth-order valence-corrected chi connectivity index (χ4v) is 16.5. The first kappa shape index (κ1) is 75.0. The number of nitrogens with zero attached hydrogens (tertiary/aromatic N) is 6. The molecule has 1 aromatic heterocycles. The summed E-state index contributed by atoms with van der Waals surface area (Å²) >= 11 is 0. The number of allylic oxidation sites excluding steroid dienone is 6. The SMILES string of the molecule is CC1=C2[N-]C([C@H](CC(N)=O)[C@@]2(C)CCC(=O)NC[C@@H](C)OP(=O)([O-])O[C@H]2[C@@H](O)[C@@H]([n+]3c[nH]c4cc(C)c(C)cc43)O[C@@H]2CO)[C@]2(C)N=C(C(C)=C3N=C(C=C4N=C1[C@@H](CCC(N)=O)C4(C)C)[C@@H](CCC(N)=O)[C@]3(C)CC(N)=O)[C@@H](CCC(N)=O)[C@]2(C)CC(N)=O.[57Co+3].[C-]#N. The number of ether oxygens (including phenoxy) is 1. The molecule has 8 rings (SSSR count). The fourth-order valence-electron chi connectivity index (χ4n) is 15.4. The first-order valence-electron chi connectivity index (χ1n) is 30.8. The Labute approximate surface area is 551 Å². The van der Waals surface area contributed by atoms with Crippen LogP contribution in [0.1, 0.15) is 150 Å². The van der Waals surface area contributed by atoms with Crippen LogP contribution in [0.2, 0.25) is 0 Å². The van der Waals surface area contributed by atoms with Crippen molar-refractivity contribution in [2.75, 3.05) is 13.2 Å². The molecule has 30 heteroatoms. The number of rotatable bonds is 26. The Balaban J connectivity index is 0.00000453. The number of fused-ring (bicyclic) bond motifs is 7. The molecule has 2 saturated heterocycles. The third-order valence-corrected chi connectivity index (χ3v) is 21.7. The van der Waals surface area contributed by atoms with Crippen molar-refractivity contribution in [2.45, 2.75) is 189 Å². The van der Waals surface area contributed by atoms with Crippen molar-refractivity contribution >= 4 is 77.3 Å². The van der Waals surface area contributed by atoms with Crippen molar-refractivity contribution in [1.29, 1.82) is 5.26 Å².